The van der Waals surface area contributed by atoms with Crippen molar-refractivity contribution < 1.29 is 0 Å². The van der Waals surface area contributed by atoms with E-state index >= 15 is 0 Å². The Hall–Kier alpha value is -2.11. The number of hydrogen-bond acceptors (Lipinski definition) is 5. The van der Waals surface area contributed by atoms with Gasteiger partial charge in [-0.25, -0.2) is 9.97 Å². The van der Waals surface area contributed by atoms with Gasteiger partial charge in [-0.3, -0.25) is 4.68 Å². The number of nitrogens with one attached hydrogen (secondary N) is 2. The quantitative estimate of drug-likeness (QED) is 0.826. The van der Waals surface area contributed by atoms with Crippen molar-refractivity contribution in [3.8, 4) is 0 Å². The predicted octanol–water partition coefficient (Wildman–Crippen LogP) is 1.60. The van der Waals surface area contributed by atoms with Gasteiger partial charge in [0.05, 0.1) is 0 Å². The van der Waals surface area contributed by atoms with Gasteiger partial charge < -0.3 is 10.6 Å². The van der Waals surface area contributed by atoms with Crippen LogP contribution in [0.4, 0.5) is 11.6 Å². The Balaban J connectivity index is 1.96. The van der Waals surface area contributed by atoms with Crippen molar-refractivity contribution in [2.45, 2.75) is 20.3 Å². The van der Waals surface area contributed by atoms with Crippen LogP contribution in [0.5, 0.6) is 0 Å². The summed E-state index contributed by atoms with van der Waals surface area (Å²) in [6.45, 7) is 5.75. The molecule has 0 aliphatic carbocycles. The molecule has 19 heavy (non-hydrogen) atoms. The van der Waals surface area contributed by atoms with Crippen molar-refractivity contribution in [3.63, 3.8) is 0 Å². The van der Waals surface area contributed by atoms with Crippen molar-refractivity contribution in [1.82, 2.24) is 19.7 Å². The first-order valence-corrected chi connectivity index (χ1v) is 6.48. The third kappa shape index (κ3) is 3.21. The molecule has 0 fully saturated rings. The van der Waals surface area contributed by atoms with Crippen molar-refractivity contribution in [3.05, 3.63) is 29.8 Å². The number of aromatic nitrogens is 4. The Morgan fingerprint density at radius 3 is 2.58 bits per heavy atom. The Morgan fingerprint density at radius 2 is 1.95 bits per heavy atom. The fourth-order valence-corrected chi connectivity index (χ4v) is 1.93. The molecule has 2 aromatic heterocycles. The summed E-state index contributed by atoms with van der Waals surface area (Å²) in [4.78, 5) is 8.50. The van der Waals surface area contributed by atoms with Crippen molar-refractivity contribution in [1.29, 1.82) is 0 Å². The zero-order valence-corrected chi connectivity index (χ0v) is 11.6. The van der Waals surface area contributed by atoms with E-state index < -0.39 is 0 Å². The smallest absolute Gasteiger partial charge is 0.134 e. The molecule has 6 nitrogen and oxygen atoms in total. The minimum absolute atomic E-state index is 0.822. The first-order chi connectivity index (χ1) is 9.22. The maximum atomic E-state index is 4.28. The number of rotatable bonds is 6. The summed E-state index contributed by atoms with van der Waals surface area (Å²) in [5.41, 5.74) is 2.25. The van der Waals surface area contributed by atoms with Crippen LogP contribution in [0.1, 0.15) is 18.2 Å². The molecule has 0 aromatic carbocycles. The topological polar surface area (TPSA) is 67.7 Å². The van der Waals surface area contributed by atoms with Crippen molar-refractivity contribution in [2.75, 3.05) is 23.7 Å². The minimum Gasteiger partial charge on any atom is -0.370 e. The molecule has 0 atom stereocenters. The van der Waals surface area contributed by atoms with Gasteiger partial charge in [-0.15, -0.1) is 0 Å². The van der Waals surface area contributed by atoms with Crippen molar-refractivity contribution in [2.24, 2.45) is 7.05 Å². The van der Waals surface area contributed by atoms with E-state index in [1.54, 1.807) is 6.33 Å². The largest absolute Gasteiger partial charge is 0.370 e. The molecule has 0 unspecified atom stereocenters. The molecule has 2 rings (SSSR count). The first kappa shape index (κ1) is 13.3. The van der Waals surface area contributed by atoms with Crippen LogP contribution in [-0.2, 0) is 13.5 Å². The molecule has 0 aliphatic heterocycles. The fourth-order valence-electron chi connectivity index (χ4n) is 1.93. The third-order valence-electron chi connectivity index (χ3n) is 3.02. The molecule has 2 heterocycles. The van der Waals surface area contributed by atoms with Crippen molar-refractivity contribution >= 4 is 11.6 Å². The Kier molecular flexibility index (Phi) is 4.33. The second kappa shape index (κ2) is 6.17. The SMILES string of the molecule is CCNc1ncnc(NCCc2ccnn2C)c1C. The maximum Gasteiger partial charge on any atom is 0.134 e. The molecule has 2 N–H and O–H groups in total. The van der Waals surface area contributed by atoms with Gasteiger partial charge in [-0.1, -0.05) is 0 Å². The molecule has 2 aromatic rings. The summed E-state index contributed by atoms with van der Waals surface area (Å²) in [7, 11) is 1.95. The van der Waals surface area contributed by atoms with Gasteiger partial charge in [0.25, 0.3) is 0 Å². The number of nitrogens with zero attached hydrogens (tertiary/aromatic N) is 4. The molecule has 102 valence electrons. The number of aryl methyl sites for hydroxylation is 1. The van der Waals surface area contributed by atoms with Crippen LogP contribution in [0.15, 0.2) is 18.6 Å². The zero-order chi connectivity index (χ0) is 13.7. The Bertz CT molecular complexity index is 534. The fraction of sp³-hybridized carbons (Fsp3) is 0.462. The van der Waals surface area contributed by atoms with E-state index in [0.717, 1.165) is 36.7 Å². The van der Waals surface area contributed by atoms with Crippen LogP contribution in [0.3, 0.4) is 0 Å². The lowest BCUT2D eigenvalue weighted by molar-refractivity contribution is 0.711. The summed E-state index contributed by atoms with van der Waals surface area (Å²) in [5, 5.41) is 10.7. The highest BCUT2D eigenvalue weighted by Crippen LogP contribution is 2.17. The van der Waals surface area contributed by atoms with Gasteiger partial charge in [0, 0.05) is 44.0 Å². The predicted molar refractivity (Wildman–Crippen MR) is 76.3 cm³/mol. The average Bonchev–Trinajstić information content (AvgIpc) is 2.80. The Labute approximate surface area is 113 Å². The van der Waals surface area contributed by atoms with Crippen LogP contribution >= 0.6 is 0 Å². The highest BCUT2D eigenvalue weighted by atomic mass is 15.3. The second-order valence-corrected chi connectivity index (χ2v) is 4.35. The molecular weight excluding hydrogens is 240 g/mol. The van der Waals surface area contributed by atoms with Crippen LogP contribution in [-0.4, -0.2) is 32.8 Å². The van der Waals surface area contributed by atoms with E-state index in [9.17, 15) is 0 Å². The molecule has 0 radical (unpaired) electrons. The molecule has 0 saturated heterocycles. The van der Waals surface area contributed by atoms with E-state index in [2.05, 4.69) is 32.6 Å². The average molecular weight is 260 g/mol. The summed E-state index contributed by atoms with van der Waals surface area (Å²) < 4.78 is 1.89. The zero-order valence-electron chi connectivity index (χ0n) is 11.6. The molecule has 0 amide bonds. The van der Waals surface area contributed by atoms with E-state index in [1.807, 2.05) is 30.9 Å². The van der Waals surface area contributed by atoms with Crippen LogP contribution in [0.25, 0.3) is 0 Å². The highest BCUT2D eigenvalue weighted by molar-refractivity contribution is 5.56. The van der Waals surface area contributed by atoms with Gasteiger partial charge in [-0.05, 0) is 19.9 Å². The van der Waals surface area contributed by atoms with Crippen LogP contribution < -0.4 is 10.6 Å². The molecular formula is C13H20N6. The third-order valence-corrected chi connectivity index (χ3v) is 3.02. The maximum absolute atomic E-state index is 4.28. The lowest BCUT2D eigenvalue weighted by atomic mass is 10.2. The normalized spacial score (nSPS) is 10.5. The van der Waals surface area contributed by atoms with E-state index in [1.165, 1.54) is 5.69 Å². The highest BCUT2D eigenvalue weighted by Gasteiger charge is 2.06. The van der Waals surface area contributed by atoms with E-state index in [4.69, 9.17) is 0 Å². The summed E-state index contributed by atoms with van der Waals surface area (Å²) >= 11 is 0. The van der Waals surface area contributed by atoms with Gasteiger partial charge in [-0.2, -0.15) is 5.10 Å². The number of anilines is 2. The number of hydrogen-bond donors (Lipinski definition) is 2. The lowest BCUT2D eigenvalue weighted by Crippen LogP contribution is -2.12. The molecule has 0 spiro atoms. The van der Waals surface area contributed by atoms with Gasteiger partial charge >= 0.3 is 0 Å². The molecule has 0 bridgehead atoms. The standard InChI is InChI=1S/C13H20N6/c1-4-14-12-10(2)13(17-9-16-12)15-7-5-11-6-8-18-19(11)3/h6,8-9H,4-5,7H2,1-3H3,(H2,14,15,16,17). The van der Waals surface area contributed by atoms with Gasteiger partial charge in [0.2, 0.25) is 0 Å². The van der Waals surface area contributed by atoms with Gasteiger partial charge in [0.15, 0.2) is 0 Å². The molecule has 6 heteroatoms. The minimum atomic E-state index is 0.822. The molecule has 0 aliphatic rings. The summed E-state index contributed by atoms with van der Waals surface area (Å²) in [5.74, 6) is 1.77. The summed E-state index contributed by atoms with van der Waals surface area (Å²) in [6, 6.07) is 2.03. The lowest BCUT2D eigenvalue weighted by Gasteiger charge is -2.11. The first-order valence-electron chi connectivity index (χ1n) is 6.48. The monoisotopic (exact) mass is 260 g/mol. The van der Waals surface area contributed by atoms with E-state index in [0.29, 0.717) is 0 Å². The van der Waals surface area contributed by atoms with E-state index in [-0.39, 0.29) is 0 Å². The molecule has 0 saturated carbocycles. The second-order valence-electron chi connectivity index (χ2n) is 4.35. The summed E-state index contributed by atoms with van der Waals surface area (Å²) in [6.07, 6.45) is 4.31. The van der Waals surface area contributed by atoms with Gasteiger partial charge in [0.1, 0.15) is 18.0 Å². The van der Waals surface area contributed by atoms with Crippen LogP contribution in [0.2, 0.25) is 0 Å². The van der Waals surface area contributed by atoms with Crippen LogP contribution in [0, 0.1) is 6.92 Å². The Morgan fingerprint density at radius 1 is 1.21 bits per heavy atom.